The Morgan fingerprint density at radius 1 is 0.795 bits per heavy atom. The molecule has 256 valence electrons. The molecule has 3 saturated carbocycles. The summed E-state index contributed by atoms with van der Waals surface area (Å²) in [5, 5.41) is 12.8. The zero-order valence-electron chi connectivity index (χ0n) is 31.9. The Balaban J connectivity index is 0.00000162. The molecule has 1 N–H and O–H groups in total. The molecular weight excluding hydrogens is 553 g/mol. The van der Waals surface area contributed by atoms with Gasteiger partial charge in [-0.15, -0.1) is 0 Å². The standard InChI is InChI=1S/C38H64OS.2C2H6/c1-27(2)19-36(8)21-29-22-37(9,26-38(23-29,25-36)20-28(3)4)33-18-31(35(5,6)7)17-30(34(33)39)24-40-32-15-13-11-10-12-14-16-32;2*1-2/h17-18,27-29,32,39H,10-16,19-26H2,1-9H3;2*1-2H3. The first kappa shape index (κ1) is 39.5. The molecule has 0 saturated heterocycles. The summed E-state index contributed by atoms with van der Waals surface area (Å²) in [7, 11) is 0. The summed E-state index contributed by atoms with van der Waals surface area (Å²) in [6, 6.07) is 4.81. The zero-order valence-corrected chi connectivity index (χ0v) is 32.7. The van der Waals surface area contributed by atoms with E-state index in [4.69, 9.17) is 0 Å². The van der Waals surface area contributed by atoms with Gasteiger partial charge < -0.3 is 5.11 Å². The fourth-order valence-electron chi connectivity index (χ4n) is 10.2. The van der Waals surface area contributed by atoms with Crippen molar-refractivity contribution in [3.05, 3.63) is 28.8 Å². The Morgan fingerprint density at radius 3 is 1.91 bits per heavy atom. The first-order valence-electron chi connectivity index (χ1n) is 19.1. The van der Waals surface area contributed by atoms with Crippen molar-refractivity contribution in [1.29, 1.82) is 0 Å². The van der Waals surface area contributed by atoms with E-state index < -0.39 is 0 Å². The number of phenols is 1. The van der Waals surface area contributed by atoms with Crippen molar-refractivity contribution in [3.63, 3.8) is 0 Å². The molecule has 2 bridgehead atoms. The first-order chi connectivity index (χ1) is 20.6. The van der Waals surface area contributed by atoms with Crippen molar-refractivity contribution in [3.8, 4) is 5.75 Å². The predicted molar refractivity (Wildman–Crippen MR) is 200 cm³/mol. The number of thioether (sulfide) groups is 1. The lowest BCUT2D eigenvalue weighted by atomic mass is 9.46. The summed E-state index contributed by atoms with van der Waals surface area (Å²) >= 11 is 2.13. The number of benzene rings is 1. The molecule has 4 unspecified atom stereocenters. The van der Waals surface area contributed by atoms with Crippen molar-refractivity contribution in [1.82, 2.24) is 0 Å². The minimum absolute atomic E-state index is 0.0436. The molecule has 1 aromatic rings. The Hall–Kier alpha value is -0.630. The lowest BCUT2D eigenvalue weighted by molar-refractivity contribution is -0.0589. The third-order valence-corrected chi connectivity index (χ3v) is 12.2. The highest BCUT2D eigenvalue weighted by atomic mass is 32.2. The van der Waals surface area contributed by atoms with Crippen molar-refractivity contribution >= 4 is 11.8 Å². The van der Waals surface area contributed by atoms with E-state index in [0.29, 0.717) is 16.6 Å². The number of hydrogen-bond acceptors (Lipinski definition) is 2. The molecule has 1 nitrogen and oxygen atoms in total. The van der Waals surface area contributed by atoms with Crippen molar-refractivity contribution in [2.75, 3.05) is 0 Å². The maximum Gasteiger partial charge on any atom is 0.123 e. The van der Waals surface area contributed by atoms with Gasteiger partial charge >= 0.3 is 0 Å². The number of fused-ring (bicyclic) bond motifs is 2. The summed E-state index contributed by atoms with van der Waals surface area (Å²) in [4.78, 5) is 0. The Morgan fingerprint density at radius 2 is 1.36 bits per heavy atom. The van der Waals surface area contributed by atoms with Gasteiger partial charge in [-0.2, -0.15) is 11.8 Å². The number of phenolic OH excluding ortho intramolecular Hbond substituents is 1. The van der Waals surface area contributed by atoms with Crippen LogP contribution >= 0.6 is 11.8 Å². The van der Waals surface area contributed by atoms with Crippen molar-refractivity contribution < 1.29 is 5.11 Å². The number of aromatic hydroxyl groups is 1. The quantitative estimate of drug-likeness (QED) is 0.309. The van der Waals surface area contributed by atoms with Crippen LogP contribution in [0.1, 0.15) is 197 Å². The molecule has 44 heavy (non-hydrogen) atoms. The molecule has 1 aromatic carbocycles. The summed E-state index contributed by atoms with van der Waals surface area (Å²) in [6.45, 7) is 29.9. The van der Waals surface area contributed by atoms with Crippen molar-refractivity contribution in [2.24, 2.45) is 28.6 Å². The summed E-state index contributed by atoms with van der Waals surface area (Å²) in [6.07, 6.45) is 19.0. The van der Waals surface area contributed by atoms with Crippen LogP contribution in [0, 0.1) is 28.6 Å². The predicted octanol–water partition coefficient (Wildman–Crippen LogP) is 14.0. The van der Waals surface area contributed by atoms with Gasteiger partial charge in [-0.3, -0.25) is 0 Å². The van der Waals surface area contributed by atoms with E-state index in [0.717, 1.165) is 28.8 Å². The minimum atomic E-state index is 0.0436. The third kappa shape index (κ3) is 10.7. The highest BCUT2D eigenvalue weighted by molar-refractivity contribution is 7.99. The van der Waals surface area contributed by atoms with Crippen LogP contribution in [0.15, 0.2) is 12.1 Å². The highest BCUT2D eigenvalue weighted by Gasteiger charge is 2.54. The molecule has 3 aliphatic rings. The second kappa shape index (κ2) is 17.0. The van der Waals surface area contributed by atoms with E-state index in [-0.39, 0.29) is 10.8 Å². The summed E-state index contributed by atoms with van der Waals surface area (Å²) in [5.74, 6) is 3.83. The molecule has 4 atom stereocenters. The molecule has 4 rings (SSSR count). The van der Waals surface area contributed by atoms with E-state index in [1.54, 1.807) is 0 Å². The maximum atomic E-state index is 12.1. The normalized spacial score (nSPS) is 29.7. The van der Waals surface area contributed by atoms with E-state index in [1.807, 2.05) is 27.7 Å². The number of rotatable bonds is 8. The van der Waals surface area contributed by atoms with Crippen LogP contribution in [-0.4, -0.2) is 10.4 Å². The van der Waals surface area contributed by atoms with Gasteiger partial charge in [0.05, 0.1) is 0 Å². The third-order valence-electron chi connectivity index (χ3n) is 10.8. The van der Waals surface area contributed by atoms with Crippen LogP contribution in [0.5, 0.6) is 5.75 Å². The summed E-state index contributed by atoms with van der Waals surface area (Å²) in [5.41, 5.74) is 4.87. The topological polar surface area (TPSA) is 20.2 Å². The van der Waals surface area contributed by atoms with E-state index in [9.17, 15) is 5.11 Å². The number of hydrogen-bond donors (Lipinski definition) is 1. The molecule has 3 fully saturated rings. The first-order valence-corrected chi connectivity index (χ1v) is 20.2. The van der Waals surface area contributed by atoms with Crippen LogP contribution in [0.2, 0.25) is 0 Å². The largest absolute Gasteiger partial charge is 0.507 e. The maximum absolute atomic E-state index is 12.1. The zero-order chi connectivity index (χ0) is 33.3. The van der Waals surface area contributed by atoms with Crippen LogP contribution < -0.4 is 0 Å². The van der Waals surface area contributed by atoms with Gasteiger partial charge in [-0.25, -0.2) is 0 Å². The fraction of sp³-hybridized carbons (Fsp3) is 0.857. The molecule has 0 amide bonds. The van der Waals surface area contributed by atoms with E-state index in [2.05, 4.69) is 86.2 Å². The second-order valence-electron chi connectivity index (χ2n) is 17.5. The highest BCUT2D eigenvalue weighted by Crippen LogP contribution is 2.64. The molecule has 2 heteroatoms. The van der Waals surface area contributed by atoms with Gasteiger partial charge in [0.2, 0.25) is 0 Å². The lowest BCUT2D eigenvalue weighted by Gasteiger charge is -2.59. The molecule has 3 aliphatic carbocycles. The van der Waals surface area contributed by atoms with Gasteiger partial charge in [0.1, 0.15) is 5.75 Å². The molecule has 0 heterocycles. The van der Waals surface area contributed by atoms with Gasteiger partial charge in [0.25, 0.3) is 0 Å². The SMILES string of the molecule is CC.CC.CC(C)CC1(C)CC2CC(CC(C)C)(C1)CC(C)(c1cc(C(C)(C)C)cc(CSC3CCCCCCC3)c1O)C2. The minimum Gasteiger partial charge on any atom is -0.507 e. The molecule has 0 spiro atoms. The Labute approximate surface area is 280 Å². The van der Waals surface area contributed by atoms with Gasteiger partial charge in [0.15, 0.2) is 0 Å². The second-order valence-corrected chi connectivity index (χ2v) is 18.7. The smallest absolute Gasteiger partial charge is 0.123 e. The average Bonchev–Trinajstić information content (AvgIpc) is 2.88. The van der Waals surface area contributed by atoms with E-state index >= 15 is 0 Å². The van der Waals surface area contributed by atoms with Gasteiger partial charge in [0, 0.05) is 22.1 Å². The average molecular weight is 629 g/mol. The summed E-state index contributed by atoms with van der Waals surface area (Å²) < 4.78 is 0. The van der Waals surface area contributed by atoms with Gasteiger partial charge in [-0.05, 0) is 103 Å². The van der Waals surface area contributed by atoms with E-state index in [1.165, 1.54) is 107 Å². The molecule has 0 radical (unpaired) electrons. The monoisotopic (exact) mass is 629 g/mol. The van der Waals surface area contributed by atoms with Crippen LogP contribution in [0.3, 0.4) is 0 Å². The van der Waals surface area contributed by atoms with Gasteiger partial charge in [-0.1, -0.05) is 134 Å². The molecule has 0 aliphatic heterocycles. The van der Waals surface area contributed by atoms with Crippen LogP contribution in [0.4, 0.5) is 0 Å². The van der Waals surface area contributed by atoms with Crippen LogP contribution in [0.25, 0.3) is 0 Å². The Kier molecular flexibility index (Phi) is 15.3. The van der Waals surface area contributed by atoms with Crippen molar-refractivity contribution in [2.45, 2.75) is 202 Å². The lowest BCUT2D eigenvalue weighted by Crippen LogP contribution is -2.49. The fourth-order valence-corrected chi connectivity index (χ4v) is 11.5. The molecule has 0 aromatic heterocycles. The Bertz CT molecular complexity index is 974. The van der Waals surface area contributed by atoms with Crippen LogP contribution in [-0.2, 0) is 16.6 Å². The molecular formula is C42H76OS.